The molecule has 0 saturated carbocycles. The summed E-state index contributed by atoms with van der Waals surface area (Å²) in [7, 11) is -20.4. The SMILES string of the molecule is C.Nc1nc2c(ncn2[C@@H]2O[C@@H]3COP(=O)(O)O[C@@H]4C(O)[C@H](n5cnc6c(N)ncnc65)O[C@@H]4COP(=O)(O)OC2[C@H]3O)c(=O)[nH]1.Nc1nc2c(ncn2[C@@H]2O[C@@H]3COP(=O)(O)O[C@@H]4C(O)[C@H](n5cnc6c5ncn5ccnc65)O[C@@H]4COP(=O)(O)OC2[C@H]3O)c(=O)[nH]1.O=CCCl. The van der Waals surface area contributed by atoms with Gasteiger partial charge in [0.15, 0.2) is 75.5 Å². The Morgan fingerprint density at radius 1 is 0.495 bits per heavy atom. The predicted molar refractivity (Wildman–Crippen MR) is 317 cm³/mol. The maximum atomic E-state index is 13.3. The summed E-state index contributed by atoms with van der Waals surface area (Å²) in [6.07, 6.45) is -14.1. The summed E-state index contributed by atoms with van der Waals surface area (Å²) in [5, 5.41) is 44.4. The highest BCUT2D eigenvalue weighted by Gasteiger charge is 2.56. The van der Waals surface area contributed by atoms with Crippen LogP contribution in [0.15, 0.2) is 59.9 Å². The van der Waals surface area contributed by atoms with Crippen LogP contribution in [0.4, 0.5) is 17.7 Å². The number of phosphoric acid groups is 4. The molecule has 6 saturated heterocycles. The lowest BCUT2D eigenvalue weighted by Crippen LogP contribution is -2.36. The number of aromatic nitrogens is 17. The number of fused-ring (bicyclic) bond motifs is 12. The zero-order chi connectivity index (χ0) is 68.1. The molecule has 524 valence electrons. The Kier molecular flexibility index (Phi) is 19.3. The molecular formula is C45H55ClN20O27P4. The molecule has 9 aromatic rings. The summed E-state index contributed by atoms with van der Waals surface area (Å²) in [5.74, 6) is -0.419. The van der Waals surface area contributed by atoms with Gasteiger partial charge in [-0.3, -0.25) is 78.4 Å². The first kappa shape index (κ1) is 69.7. The lowest BCUT2D eigenvalue weighted by atomic mass is 10.1. The van der Waals surface area contributed by atoms with Crippen molar-refractivity contribution in [2.75, 3.05) is 49.5 Å². The second-order valence-corrected chi connectivity index (χ2v) is 27.2. The van der Waals surface area contributed by atoms with Gasteiger partial charge in [-0.15, -0.1) is 11.6 Å². The van der Waals surface area contributed by atoms with Gasteiger partial charge in [-0.25, -0.2) is 58.1 Å². The number of hydrogen-bond acceptors (Lipinski definition) is 36. The number of halogens is 1. The molecule has 20 atom stereocenters. The van der Waals surface area contributed by atoms with E-state index in [2.05, 4.69) is 59.8 Å². The van der Waals surface area contributed by atoms with Crippen molar-refractivity contribution in [1.82, 2.24) is 82.5 Å². The average molecular weight is 1470 g/mol. The maximum Gasteiger partial charge on any atom is 0.472 e. The fraction of sp³-hybridized carbons (Fsp3) is 0.489. The van der Waals surface area contributed by atoms with Gasteiger partial charge < -0.3 is 80.9 Å². The number of nitrogens with zero attached hydrogens (tertiary/aromatic N) is 15. The molecule has 15 rings (SSSR count). The van der Waals surface area contributed by atoms with Crippen LogP contribution in [0.1, 0.15) is 32.3 Å². The van der Waals surface area contributed by atoms with Crippen molar-refractivity contribution in [1.29, 1.82) is 0 Å². The maximum absolute atomic E-state index is 13.3. The quantitative estimate of drug-likeness (QED) is 0.0465. The molecule has 0 radical (unpaired) electrons. The number of carbonyl (C=O) groups is 1. The Morgan fingerprint density at radius 2 is 0.876 bits per heavy atom. The highest BCUT2D eigenvalue weighted by molar-refractivity contribution is 7.48. The Balaban J connectivity index is 0.000000174. The van der Waals surface area contributed by atoms with E-state index in [0.717, 1.165) is 28.1 Å². The van der Waals surface area contributed by atoms with Crippen molar-refractivity contribution in [3.8, 4) is 0 Å². The first-order valence-electron chi connectivity index (χ1n) is 27.6. The number of phosphoric ester groups is 4. The van der Waals surface area contributed by atoms with E-state index in [9.17, 15) is 67.8 Å². The summed E-state index contributed by atoms with van der Waals surface area (Å²) in [6.45, 7) is -3.28. The van der Waals surface area contributed by atoms with Crippen molar-refractivity contribution >= 4 is 117 Å². The standard InChI is InChI=1S/C22H24N10O13P2.C20H24N10O13P2.C2H3ClO.CH4/c23-22-28-18-11(19(35)29-22)26-7-32(18)21-15-12(33)8(42-21)3-40-46(36,37)44-14-9(4-41-47(38,39)45-15)43-20(13(14)34)31-6-25-10-16-24-1-2-30(16)5-27-17(10)31;21-14-8-15(24-3-23-14)29(4-25-8)18-11(32)12-7(41-18)2-39-45(36,37)43-13-10(31)6(1-38-44(34,35)42-12)40-19(13)30-5-26-9-16(30)27-20(22)28-17(9)33;3-1-2-4;/h1-2,5-9,12-15,20-21,33-34H,3-4H2,(H,36,37)(H,38,39)(H3,23,28,29,35);3-7,10-13,18-19,31-32H,1-2H2,(H,34,35)(H,36,37)(H2,21,23,24)(H3,22,27,28,33);2H,1H2;1H4/t8-,9-,12+,13?,14+,15?,20-,21-;6-,7-,10+,11?,12+,13?,18-,19-;;/m11../s1. The normalized spacial score (nSPS) is 35.6. The number of aromatic amines is 2. The lowest BCUT2D eigenvalue weighted by molar-refractivity contribution is -0.105. The number of aliphatic hydroxyl groups is 4. The number of H-pyrrole nitrogens is 2. The molecule has 52 heteroatoms. The topological polar surface area (TPSA) is 655 Å². The molecule has 6 aliphatic rings. The van der Waals surface area contributed by atoms with Crippen LogP contribution in [0, 0.1) is 0 Å². The number of anilines is 3. The van der Waals surface area contributed by atoms with Crippen molar-refractivity contribution in [3.63, 3.8) is 0 Å². The Hall–Kier alpha value is -7.18. The fourth-order valence-corrected chi connectivity index (χ4v) is 14.9. The molecular weight excluding hydrogens is 1410 g/mol. The van der Waals surface area contributed by atoms with Gasteiger partial charge in [0.25, 0.3) is 11.1 Å². The van der Waals surface area contributed by atoms with E-state index in [4.69, 9.17) is 88.7 Å². The van der Waals surface area contributed by atoms with Crippen molar-refractivity contribution in [3.05, 3.63) is 71.1 Å². The molecule has 6 aliphatic heterocycles. The van der Waals surface area contributed by atoms with Crippen LogP contribution in [0.5, 0.6) is 0 Å². The number of aliphatic hydroxyl groups excluding tert-OH is 4. The summed E-state index contributed by atoms with van der Waals surface area (Å²) >= 11 is 4.82. The van der Waals surface area contributed by atoms with Crippen LogP contribution in [-0.4, -0.2) is 234 Å². The molecule has 0 aromatic carbocycles. The molecule has 0 amide bonds. The molecule has 8 unspecified atom stereocenters. The lowest BCUT2D eigenvalue weighted by Gasteiger charge is -2.25. The third kappa shape index (κ3) is 13.5. The molecule has 0 spiro atoms. The minimum Gasteiger partial charge on any atom is -0.387 e. The van der Waals surface area contributed by atoms with Crippen LogP contribution in [0.3, 0.4) is 0 Å². The first-order chi connectivity index (χ1) is 45.6. The van der Waals surface area contributed by atoms with E-state index >= 15 is 0 Å². The number of alkyl halides is 1. The summed E-state index contributed by atoms with van der Waals surface area (Å²) in [4.78, 5) is 122. The highest BCUT2D eigenvalue weighted by atomic mass is 35.5. The highest BCUT2D eigenvalue weighted by Crippen LogP contribution is 2.56. The molecule has 15 heterocycles. The molecule has 9 aromatic heterocycles. The van der Waals surface area contributed by atoms with Gasteiger partial charge in [0.1, 0.15) is 97.7 Å². The fourth-order valence-electron chi connectivity index (χ4n) is 11.1. The van der Waals surface area contributed by atoms with E-state index in [1.54, 1.807) is 16.8 Å². The van der Waals surface area contributed by atoms with Crippen LogP contribution < -0.4 is 28.3 Å². The largest absolute Gasteiger partial charge is 0.472 e. The van der Waals surface area contributed by atoms with Gasteiger partial charge in [-0.1, -0.05) is 7.43 Å². The van der Waals surface area contributed by atoms with E-state index in [1.807, 2.05) is 0 Å². The number of rotatable bonds is 5. The number of nitrogens with two attached hydrogens (primary N) is 3. The number of hydrogen-bond donors (Lipinski definition) is 13. The Bertz CT molecular complexity index is 4770. The zero-order valence-corrected chi connectivity index (χ0v) is 52.2. The monoisotopic (exact) mass is 1470 g/mol. The minimum absolute atomic E-state index is 0. The minimum atomic E-state index is -5.11. The first-order valence-corrected chi connectivity index (χ1v) is 34.1. The third-order valence-corrected chi connectivity index (χ3v) is 19.3. The van der Waals surface area contributed by atoms with Crippen LogP contribution in [-0.2, 0) is 78.2 Å². The second kappa shape index (κ2) is 26.8. The molecule has 47 nitrogen and oxygen atoms in total. The van der Waals surface area contributed by atoms with E-state index in [0.29, 0.717) is 17.5 Å². The van der Waals surface area contributed by atoms with Crippen LogP contribution in [0.25, 0.3) is 50.3 Å². The van der Waals surface area contributed by atoms with Gasteiger partial charge in [0, 0.05) is 12.4 Å². The number of aldehydes is 1. The third-order valence-electron chi connectivity index (χ3n) is 15.3. The molecule has 97 heavy (non-hydrogen) atoms. The van der Waals surface area contributed by atoms with Crippen molar-refractivity contribution in [2.45, 2.75) is 106 Å². The van der Waals surface area contributed by atoms with Gasteiger partial charge in [-0.2, -0.15) is 9.97 Å². The number of carbonyl (C=O) groups excluding carboxylic acids is 1. The van der Waals surface area contributed by atoms with Crippen molar-refractivity contribution in [2.24, 2.45) is 0 Å². The summed E-state index contributed by atoms with van der Waals surface area (Å²) < 4.78 is 124. The van der Waals surface area contributed by atoms with E-state index in [1.165, 1.54) is 28.1 Å². The smallest absolute Gasteiger partial charge is 0.387 e. The van der Waals surface area contributed by atoms with E-state index < -0.39 is 167 Å². The van der Waals surface area contributed by atoms with Gasteiger partial charge in [0.05, 0.1) is 57.6 Å². The number of nitrogen functional groups attached to an aromatic ring is 3. The van der Waals surface area contributed by atoms with Gasteiger partial charge in [0.2, 0.25) is 11.9 Å². The predicted octanol–water partition coefficient (Wildman–Crippen LogP) is -2.95. The second-order valence-electron chi connectivity index (χ2n) is 21.2. The van der Waals surface area contributed by atoms with Gasteiger partial charge >= 0.3 is 31.3 Å². The van der Waals surface area contributed by atoms with Crippen LogP contribution >= 0.6 is 42.9 Å². The van der Waals surface area contributed by atoms with Crippen molar-refractivity contribution < 1.29 is 118 Å². The Labute approximate surface area is 542 Å². The summed E-state index contributed by atoms with van der Waals surface area (Å²) in [6, 6.07) is 0. The summed E-state index contributed by atoms with van der Waals surface area (Å²) in [5.41, 5.74) is 16.5. The number of ether oxygens (including phenoxy) is 4. The van der Waals surface area contributed by atoms with E-state index in [-0.39, 0.29) is 70.2 Å². The zero-order valence-electron chi connectivity index (χ0n) is 47.9. The average Bonchev–Trinajstić information content (AvgIpc) is 1.63. The Morgan fingerprint density at radius 3 is 1.32 bits per heavy atom. The molecule has 0 aliphatic carbocycles. The number of imidazole rings is 5. The molecule has 16 N–H and O–H groups in total. The van der Waals surface area contributed by atoms with Crippen LogP contribution in [0.2, 0.25) is 0 Å². The van der Waals surface area contributed by atoms with Gasteiger partial charge in [-0.05, 0) is 0 Å². The molecule has 6 fully saturated rings. The number of nitrogens with one attached hydrogen (secondary N) is 2. The molecule has 4 bridgehead atoms.